The van der Waals surface area contributed by atoms with Crippen molar-refractivity contribution in [1.29, 1.82) is 0 Å². The molecule has 24 heavy (non-hydrogen) atoms. The molecule has 0 radical (unpaired) electrons. The van der Waals surface area contributed by atoms with E-state index in [0.717, 1.165) is 24.1 Å². The normalized spacial score (nSPS) is 15.3. The summed E-state index contributed by atoms with van der Waals surface area (Å²) < 4.78 is 0. The number of hydrogen-bond donors (Lipinski definition) is 1. The highest BCUT2D eigenvalue weighted by Crippen LogP contribution is 2.19. The summed E-state index contributed by atoms with van der Waals surface area (Å²) in [5.41, 5.74) is 1.70. The van der Waals surface area contributed by atoms with Gasteiger partial charge in [0, 0.05) is 6.54 Å². The maximum Gasteiger partial charge on any atom is 0.438 e. The van der Waals surface area contributed by atoms with E-state index < -0.39 is 10.7 Å². The van der Waals surface area contributed by atoms with Crippen LogP contribution in [0.3, 0.4) is 0 Å². The summed E-state index contributed by atoms with van der Waals surface area (Å²) in [6.07, 6.45) is 7.49. The Labute approximate surface area is 138 Å². The minimum atomic E-state index is -0.634. The lowest BCUT2D eigenvalue weighted by Gasteiger charge is -2.10. The van der Waals surface area contributed by atoms with Crippen molar-refractivity contribution < 1.29 is 10.1 Å². The molecule has 0 saturated carbocycles. The molecule has 1 heterocycles. The highest BCUT2D eigenvalue weighted by molar-refractivity contribution is 5.29. The molecule has 1 N–H and O–H groups in total. The zero-order valence-corrected chi connectivity index (χ0v) is 13.2. The van der Waals surface area contributed by atoms with E-state index >= 15 is 0 Å². The van der Waals surface area contributed by atoms with Crippen molar-refractivity contribution in [2.45, 2.75) is 32.1 Å². The van der Waals surface area contributed by atoms with Gasteiger partial charge in [-0.25, -0.2) is 0 Å². The number of para-hydroxylation sites is 1. The Balaban J connectivity index is 1.91. The monoisotopic (exact) mass is 329 g/mol. The molecule has 0 atom stereocenters. The van der Waals surface area contributed by atoms with Gasteiger partial charge in [0.2, 0.25) is 0 Å². The molecule has 0 spiro atoms. The van der Waals surface area contributed by atoms with E-state index in [1.54, 1.807) is 24.3 Å². The minimum absolute atomic E-state index is 0.139. The van der Waals surface area contributed by atoms with Gasteiger partial charge in [0.25, 0.3) is 5.49 Å². The SMILES string of the molecule is O=[N+]([O-])c1nn(-c2ccccc2)n(O)c1=NCCC1=CCCCC1. The highest BCUT2D eigenvalue weighted by Gasteiger charge is 2.23. The Morgan fingerprint density at radius 3 is 2.75 bits per heavy atom. The maximum atomic E-state index is 11.2. The van der Waals surface area contributed by atoms with Crippen LogP contribution in [0.4, 0.5) is 5.82 Å². The van der Waals surface area contributed by atoms with Crippen molar-refractivity contribution in [3.63, 3.8) is 0 Å². The number of nitro groups is 1. The van der Waals surface area contributed by atoms with Crippen LogP contribution in [0.15, 0.2) is 47.0 Å². The van der Waals surface area contributed by atoms with Crippen LogP contribution in [0.5, 0.6) is 0 Å². The number of rotatable bonds is 5. The number of aromatic nitrogens is 3. The fourth-order valence-electron chi connectivity index (χ4n) is 2.77. The molecular formula is C16H19N5O3. The maximum absolute atomic E-state index is 11.2. The fraction of sp³-hybridized carbons (Fsp3) is 0.375. The first-order chi connectivity index (χ1) is 11.7. The molecule has 0 fully saturated rings. The first-order valence-electron chi connectivity index (χ1n) is 7.96. The van der Waals surface area contributed by atoms with Gasteiger partial charge in [0.1, 0.15) is 5.69 Å². The van der Waals surface area contributed by atoms with Gasteiger partial charge in [0.15, 0.2) is 0 Å². The van der Waals surface area contributed by atoms with E-state index in [-0.39, 0.29) is 5.49 Å². The zero-order valence-electron chi connectivity index (χ0n) is 13.2. The second kappa shape index (κ2) is 7.12. The van der Waals surface area contributed by atoms with E-state index in [2.05, 4.69) is 16.2 Å². The van der Waals surface area contributed by atoms with Crippen LogP contribution < -0.4 is 5.49 Å². The van der Waals surface area contributed by atoms with Crippen molar-refractivity contribution in [1.82, 2.24) is 14.7 Å². The first kappa shape index (κ1) is 16.0. The molecule has 8 nitrogen and oxygen atoms in total. The van der Waals surface area contributed by atoms with Crippen LogP contribution in [0.2, 0.25) is 0 Å². The Morgan fingerprint density at radius 2 is 2.08 bits per heavy atom. The Hall–Kier alpha value is -2.90. The van der Waals surface area contributed by atoms with E-state index in [1.807, 2.05) is 6.07 Å². The first-order valence-corrected chi connectivity index (χ1v) is 7.96. The third kappa shape index (κ3) is 3.37. The molecule has 0 amide bonds. The van der Waals surface area contributed by atoms with Gasteiger partial charge in [0.05, 0.1) is 5.10 Å². The number of benzene rings is 1. The van der Waals surface area contributed by atoms with Gasteiger partial charge in [-0.3, -0.25) is 4.99 Å². The van der Waals surface area contributed by atoms with E-state index in [9.17, 15) is 15.3 Å². The molecule has 1 aromatic carbocycles. The van der Waals surface area contributed by atoms with Gasteiger partial charge >= 0.3 is 5.82 Å². The Kier molecular flexibility index (Phi) is 4.74. The summed E-state index contributed by atoms with van der Waals surface area (Å²) in [4.78, 5) is 16.5. The molecule has 0 unspecified atom stereocenters. The standard InChI is InChI=1S/C16H19N5O3/c22-20-15(17-12-11-13-7-3-1-4-8-13)16(21(23)24)18-19(20)14-9-5-2-6-10-14/h2,5-7,9-10,22H,1,3-4,8,11-12H2. The van der Waals surface area contributed by atoms with Crippen molar-refractivity contribution in [3.8, 4) is 5.69 Å². The fourth-order valence-corrected chi connectivity index (χ4v) is 2.77. The zero-order chi connectivity index (χ0) is 16.9. The second-order valence-electron chi connectivity index (χ2n) is 5.66. The summed E-state index contributed by atoms with van der Waals surface area (Å²) >= 11 is 0. The average molecular weight is 329 g/mol. The van der Waals surface area contributed by atoms with Crippen molar-refractivity contribution in [2.75, 3.05) is 6.54 Å². The molecule has 0 bridgehead atoms. The van der Waals surface area contributed by atoms with Crippen molar-refractivity contribution >= 4 is 5.82 Å². The third-order valence-electron chi connectivity index (χ3n) is 4.00. The van der Waals surface area contributed by atoms with Gasteiger partial charge in [-0.2, -0.15) is 0 Å². The Bertz CT molecular complexity index is 820. The van der Waals surface area contributed by atoms with Crippen LogP contribution in [0.1, 0.15) is 32.1 Å². The lowest BCUT2D eigenvalue weighted by molar-refractivity contribution is -0.391. The smallest absolute Gasteiger partial charge is 0.409 e. The molecule has 3 rings (SSSR count). The molecule has 8 heteroatoms. The summed E-state index contributed by atoms with van der Waals surface area (Å²) in [6.45, 7) is 0.383. The molecule has 2 aromatic rings. The summed E-state index contributed by atoms with van der Waals surface area (Å²) in [6, 6.07) is 8.72. The van der Waals surface area contributed by atoms with E-state index in [0.29, 0.717) is 17.1 Å². The van der Waals surface area contributed by atoms with Gasteiger partial charge in [-0.05, 0) is 54.0 Å². The minimum Gasteiger partial charge on any atom is -0.409 e. The summed E-state index contributed by atoms with van der Waals surface area (Å²) in [5, 5.41) is 25.3. The van der Waals surface area contributed by atoms with Crippen LogP contribution in [0, 0.1) is 10.1 Å². The Morgan fingerprint density at radius 1 is 1.29 bits per heavy atom. The van der Waals surface area contributed by atoms with Gasteiger partial charge in [-0.1, -0.05) is 34.7 Å². The summed E-state index contributed by atoms with van der Waals surface area (Å²) in [7, 11) is 0. The number of hydrogen-bond acceptors (Lipinski definition) is 5. The molecule has 1 aliphatic rings. The lowest BCUT2D eigenvalue weighted by Crippen LogP contribution is -2.22. The second-order valence-corrected chi connectivity index (χ2v) is 5.66. The lowest BCUT2D eigenvalue weighted by atomic mass is 9.97. The quantitative estimate of drug-likeness (QED) is 0.394. The third-order valence-corrected chi connectivity index (χ3v) is 4.00. The molecule has 0 aliphatic heterocycles. The molecule has 1 aromatic heterocycles. The van der Waals surface area contributed by atoms with Crippen molar-refractivity contribution in [3.05, 3.63) is 57.6 Å². The predicted molar refractivity (Wildman–Crippen MR) is 87.0 cm³/mol. The molecule has 1 aliphatic carbocycles. The molecule has 126 valence electrons. The van der Waals surface area contributed by atoms with Crippen LogP contribution in [-0.4, -0.2) is 31.4 Å². The number of nitrogens with zero attached hydrogens (tertiary/aromatic N) is 5. The van der Waals surface area contributed by atoms with Crippen molar-refractivity contribution in [2.24, 2.45) is 4.99 Å². The number of allylic oxidation sites excluding steroid dienone is 1. The van der Waals surface area contributed by atoms with E-state index in [4.69, 9.17) is 0 Å². The van der Waals surface area contributed by atoms with Gasteiger partial charge < -0.3 is 15.3 Å². The molecule has 0 saturated heterocycles. The largest absolute Gasteiger partial charge is 0.438 e. The van der Waals surface area contributed by atoms with Gasteiger partial charge in [-0.15, -0.1) is 0 Å². The van der Waals surface area contributed by atoms with Crippen LogP contribution >= 0.6 is 0 Å². The van der Waals surface area contributed by atoms with E-state index in [1.165, 1.54) is 18.4 Å². The molecular weight excluding hydrogens is 310 g/mol. The average Bonchev–Trinajstić information content (AvgIpc) is 2.94. The summed E-state index contributed by atoms with van der Waals surface area (Å²) in [5.74, 6) is -0.459. The van der Waals surface area contributed by atoms with Crippen LogP contribution in [0.25, 0.3) is 5.69 Å². The topological polar surface area (TPSA) is 98.5 Å². The highest BCUT2D eigenvalue weighted by atomic mass is 16.6. The predicted octanol–water partition coefficient (Wildman–Crippen LogP) is 2.61. The van der Waals surface area contributed by atoms with Crippen LogP contribution in [-0.2, 0) is 0 Å².